The van der Waals surface area contributed by atoms with Crippen molar-refractivity contribution in [3.8, 4) is 0 Å². The maximum atomic E-state index is 11.1. The van der Waals surface area contributed by atoms with Crippen molar-refractivity contribution in [2.75, 3.05) is 0 Å². The van der Waals surface area contributed by atoms with Gasteiger partial charge in [0.2, 0.25) is 10.0 Å². The zero-order chi connectivity index (χ0) is 10.1. The summed E-state index contributed by atoms with van der Waals surface area (Å²) in [6, 6.07) is 6.44. The summed E-state index contributed by atoms with van der Waals surface area (Å²) in [5.74, 6) is 0. The lowest BCUT2D eigenvalue weighted by molar-refractivity contribution is 0.596. The fourth-order valence-electron chi connectivity index (χ4n) is 1.07. The van der Waals surface area contributed by atoms with E-state index in [1.54, 1.807) is 25.1 Å². The van der Waals surface area contributed by atoms with Gasteiger partial charge in [-0.2, -0.15) is 0 Å². The van der Waals surface area contributed by atoms with E-state index in [2.05, 4.69) is 0 Å². The van der Waals surface area contributed by atoms with Crippen LogP contribution in [0.1, 0.15) is 17.9 Å². The molecule has 0 fully saturated rings. The van der Waals surface area contributed by atoms with Gasteiger partial charge in [0.25, 0.3) is 0 Å². The molecule has 5 heteroatoms. The lowest BCUT2D eigenvalue weighted by Gasteiger charge is -2.08. The molecule has 1 atom stereocenters. The Bertz CT molecular complexity index is 400. The fourth-order valence-corrected chi connectivity index (χ4v) is 2.16. The molecule has 2 N–H and O–H groups in total. The van der Waals surface area contributed by atoms with E-state index in [9.17, 15) is 8.42 Å². The van der Waals surface area contributed by atoms with Crippen molar-refractivity contribution >= 4 is 21.6 Å². The second-order valence-corrected chi connectivity index (χ2v) is 4.88. The number of alkyl halides is 1. The highest BCUT2D eigenvalue weighted by Gasteiger charge is 2.15. The number of hydrogen-bond donors (Lipinski definition) is 1. The van der Waals surface area contributed by atoms with Gasteiger partial charge in [-0.1, -0.05) is 18.2 Å². The topological polar surface area (TPSA) is 60.2 Å². The predicted octanol–water partition coefficient (Wildman–Crippen LogP) is 1.63. The van der Waals surface area contributed by atoms with E-state index >= 15 is 0 Å². The summed E-state index contributed by atoms with van der Waals surface area (Å²) in [6.07, 6.45) is 0. The summed E-state index contributed by atoms with van der Waals surface area (Å²) in [5.41, 5.74) is 0.534. The SMILES string of the molecule is CC(Cl)c1ccccc1S(N)(=O)=O. The predicted molar refractivity (Wildman–Crippen MR) is 52.1 cm³/mol. The Hall–Kier alpha value is -0.580. The number of halogens is 1. The minimum Gasteiger partial charge on any atom is -0.225 e. The third kappa shape index (κ3) is 2.43. The van der Waals surface area contributed by atoms with Crippen LogP contribution in [0.15, 0.2) is 29.2 Å². The molecule has 1 rings (SSSR count). The second-order valence-electron chi connectivity index (χ2n) is 2.70. The molecule has 72 valence electrons. The van der Waals surface area contributed by atoms with Gasteiger partial charge in [-0.05, 0) is 18.6 Å². The van der Waals surface area contributed by atoms with Gasteiger partial charge in [-0.15, -0.1) is 11.6 Å². The molecule has 13 heavy (non-hydrogen) atoms. The molecule has 0 aliphatic heterocycles. The Morgan fingerprint density at radius 2 is 1.92 bits per heavy atom. The number of hydrogen-bond acceptors (Lipinski definition) is 2. The summed E-state index contributed by atoms with van der Waals surface area (Å²) < 4.78 is 22.2. The van der Waals surface area contributed by atoms with Crippen molar-refractivity contribution in [1.82, 2.24) is 0 Å². The third-order valence-corrected chi connectivity index (χ3v) is 2.87. The largest absolute Gasteiger partial charge is 0.238 e. The number of benzene rings is 1. The highest BCUT2D eigenvalue weighted by Crippen LogP contribution is 2.25. The molecule has 0 saturated heterocycles. The molecule has 0 aromatic heterocycles. The van der Waals surface area contributed by atoms with Crippen LogP contribution in [0.4, 0.5) is 0 Å². The van der Waals surface area contributed by atoms with E-state index in [0.717, 1.165) is 0 Å². The van der Waals surface area contributed by atoms with Gasteiger partial charge >= 0.3 is 0 Å². The maximum Gasteiger partial charge on any atom is 0.238 e. The quantitative estimate of drug-likeness (QED) is 0.769. The third-order valence-electron chi connectivity index (χ3n) is 1.65. The molecule has 0 spiro atoms. The van der Waals surface area contributed by atoms with Crippen LogP contribution in [-0.2, 0) is 10.0 Å². The number of primary sulfonamides is 1. The first-order chi connectivity index (χ1) is 5.93. The van der Waals surface area contributed by atoms with Crippen LogP contribution in [0.3, 0.4) is 0 Å². The number of sulfonamides is 1. The average molecular weight is 220 g/mol. The molecule has 1 aromatic carbocycles. The van der Waals surface area contributed by atoms with Crippen molar-refractivity contribution in [2.45, 2.75) is 17.2 Å². The van der Waals surface area contributed by atoms with E-state index in [1.807, 2.05) is 0 Å². The highest BCUT2D eigenvalue weighted by atomic mass is 35.5. The monoisotopic (exact) mass is 219 g/mol. The van der Waals surface area contributed by atoms with Gasteiger partial charge in [-0.3, -0.25) is 0 Å². The molecule has 0 aliphatic rings. The van der Waals surface area contributed by atoms with Crippen LogP contribution in [0.25, 0.3) is 0 Å². The Kier molecular flexibility index (Phi) is 2.95. The number of nitrogens with two attached hydrogens (primary N) is 1. The van der Waals surface area contributed by atoms with E-state index in [0.29, 0.717) is 5.56 Å². The highest BCUT2D eigenvalue weighted by molar-refractivity contribution is 7.89. The van der Waals surface area contributed by atoms with Crippen LogP contribution in [0.2, 0.25) is 0 Å². The van der Waals surface area contributed by atoms with Crippen molar-refractivity contribution in [2.24, 2.45) is 5.14 Å². The Morgan fingerprint density at radius 1 is 1.38 bits per heavy atom. The van der Waals surface area contributed by atoms with Crippen LogP contribution in [-0.4, -0.2) is 8.42 Å². The normalized spacial score (nSPS) is 14.1. The molecular weight excluding hydrogens is 210 g/mol. The van der Waals surface area contributed by atoms with Gasteiger partial charge in [-0.25, -0.2) is 13.6 Å². The molecule has 0 amide bonds. The fraction of sp³-hybridized carbons (Fsp3) is 0.250. The van der Waals surface area contributed by atoms with Crippen molar-refractivity contribution in [3.63, 3.8) is 0 Å². The molecule has 0 saturated carbocycles. The number of rotatable bonds is 2. The van der Waals surface area contributed by atoms with E-state index in [1.165, 1.54) is 6.07 Å². The summed E-state index contributed by atoms with van der Waals surface area (Å²) in [6.45, 7) is 1.70. The molecular formula is C8H10ClNO2S. The van der Waals surface area contributed by atoms with Crippen LogP contribution in [0.5, 0.6) is 0 Å². The maximum absolute atomic E-state index is 11.1. The average Bonchev–Trinajstić information content (AvgIpc) is 2.03. The molecule has 1 aromatic rings. The molecule has 0 aliphatic carbocycles. The molecule has 1 unspecified atom stereocenters. The minimum absolute atomic E-state index is 0.0949. The first kappa shape index (κ1) is 10.5. The summed E-state index contributed by atoms with van der Waals surface area (Å²) >= 11 is 5.79. The summed E-state index contributed by atoms with van der Waals surface area (Å²) in [7, 11) is -3.66. The van der Waals surface area contributed by atoms with Gasteiger partial charge in [0.1, 0.15) is 0 Å². The van der Waals surface area contributed by atoms with Crippen LogP contribution in [0, 0.1) is 0 Å². The zero-order valence-corrected chi connectivity index (χ0v) is 8.64. The van der Waals surface area contributed by atoms with E-state index < -0.39 is 10.0 Å². The minimum atomic E-state index is -3.66. The van der Waals surface area contributed by atoms with Crippen LogP contribution >= 0.6 is 11.6 Å². The Morgan fingerprint density at radius 3 is 2.31 bits per heavy atom. The summed E-state index contributed by atoms with van der Waals surface area (Å²) in [4.78, 5) is 0.0949. The Labute approximate surface area is 82.6 Å². The Balaban J connectivity index is 3.37. The smallest absolute Gasteiger partial charge is 0.225 e. The first-order valence-corrected chi connectivity index (χ1v) is 5.67. The molecule has 0 bridgehead atoms. The van der Waals surface area contributed by atoms with Gasteiger partial charge < -0.3 is 0 Å². The van der Waals surface area contributed by atoms with Crippen molar-refractivity contribution in [1.29, 1.82) is 0 Å². The second kappa shape index (κ2) is 3.65. The van der Waals surface area contributed by atoms with E-state index in [4.69, 9.17) is 16.7 Å². The molecule has 3 nitrogen and oxygen atoms in total. The van der Waals surface area contributed by atoms with Crippen LogP contribution < -0.4 is 5.14 Å². The molecule has 0 heterocycles. The van der Waals surface area contributed by atoms with Gasteiger partial charge in [0.05, 0.1) is 10.3 Å². The first-order valence-electron chi connectivity index (χ1n) is 3.68. The van der Waals surface area contributed by atoms with Gasteiger partial charge in [0.15, 0.2) is 0 Å². The van der Waals surface area contributed by atoms with Gasteiger partial charge in [0, 0.05) is 0 Å². The zero-order valence-electron chi connectivity index (χ0n) is 7.07. The molecule has 0 radical (unpaired) electrons. The lowest BCUT2D eigenvalue weighted by Crippen LogP contribution is -2.14. The van der Waals surface area contributed by atoms with Crippen molar-refractivity contribution < 1.29 is 8.42 Å². The lowest BCUT2D eigenvalue weighted by atomic mass is 10.2. The van der Waals surface area contributed by atoms with Crippen molar-refractivity contribution in [3.05, 3.63) is 29.8 Å². The van der Waals surface area contributed by atoms with E-state index in [-0.39, 0.29) is 10.3 Å². The standard InChI is InChI=1S/C8H10ClNO2S/c1-6(9)7-4-2-3-5-8(7)13(10,11)12/h2-6H,1H3,(H2,10,11,12). The summed E-state index contributed by atoms with van der Waals surface area (Å²) in [5, 5.41) is 4.64.